The molecule has 0 saturated carbocycles. The molecule has 1 fully saturated rings. The number of benzene rings is 2. The van der Waals surface area contributed by atoms with E-state index in [0.717, 1.165) is 0 Å². The Bertz CT molecular complexity index is 1050. The molecule has 9 heteroatoms. The molecule has 1 aliphatic carbocycles. The van der Waals surface area contributed by atoms with E-state index >= 15 is 0 Å². The van der Waals surface area contributed by atoms with Crippen LogP contribution in [0.1, 0.15) is 38.8 Å². The van der Waals surface area contributed by atoms with Gasteiger partial charge in [-0.25, -0.2) is 0 Å². The first kappa shape index (κ1) is 20.1. The average molecular weight is 430 g/mol. The Balaban J connectivity index is 2.23. The molecule has 2 aliphatic rings. The van der Waals surface area contributed by atoms with E-state index in [0.29, 0.717) is 0 Å². The maximum absolute atomic E-state index is 14.9. The Morgan fingerprint density at radius 1 is 1.24 bits per heavy atom. The van der Waals surface area contributed by atoms with E-state index < -0.39 is 46.0 Å². The molecule has 2 aromatic carbocycles. The number of halogens is 5. The van der Waals surface area contributed by atoms with Crippen molar-refractivity contribution in [2.45, 2.75) is 23.8 Å². The number of ketones is 2. The Kier molecular flexibility index (Phi) is 4.44. The van der Waals surface area contributed by atoms with Crippen LogP contribution in [0.5, 0.6) is 0 Å². The van der Waals surface area contributed by atoms with E-state index in [9.17, 15) is 27.2 Å². The maximum atomic E-state index is 14.9. The third-order valence-electron chi connectivity index (χ3n) is 5.53. The molecule has 0 radical (unpaired) electrons. The first-order valence-electron chi connectivity index (χ1n) is 8.89. The van der Waals surface area contributed by atoms with Gasteiger partial charge in [-0.1, -0.05) is 24.3 Å². The first-order chi connectivity index (χ1) is 13.5. The quantitative estimate of drug-likeness (QED) is 0.398. The van der Waals surface area contributed by atoms with E-state index in [-0.39, 0.29) is 35.1 Å². The normalized spacial score (nSPS) is 23.1. The summed E-state index contributed by atoms with van der Waals surface area (Å²) in [6.07, 6.45) is -1.49. The lowest BCUT2D eigenvalue weighted by Crippen LogP contribution is -2.45. The van der Waals surface area contributed by atoms with Gasteiger partial charge in [0.05, 0.1) is 23.3 Å². The molecule has 2 atom stereocenters. The number of ether oxygens (including phenoxy) is 1. The fourth-order valence-corrected chi connectivity index (χ4v) is 4.48. The Hall–Kier alpha value is -2.19. The SMILES string of the molecule is CN(C)c1c(C(=O)C(F)(F)Cl)c2c(c3ccccc13)C(=O)C(F)(F)C1CCOC21. The lowest BCUT2D eigenvalue weighted by molar-refractivity contribution is -0.0630. The van der Waals surface area contributed by atoms with Crippen LogP contribution < -0.4 is 4.90 Å². The van der Waals surface area contributed by atoms with E-state index in [1.165, 1.54) is 31.1 Å². The van der Waals surface area contributed by atoms with Gasteiger partial charge in [0.1, 0.15) is 0 Å². The number of carbonyl (C=O) groups excluding carboxylic acids is 2. The Morgan fingerprint density at radius 2 is 1.86 bits per heavy atom. The van der Waals surface area contributed by atoms with Crippen LogP contribution in [0.2, 0.25) is 0 Å². The zero-order valence-corrected chi connectivity index (χ0v) is 16.2. The topological polar surface area (TPSA) is 46.6 Å². The van der Waals surface area contributed by atoms with E-state index in [1.54, 1.807) is 12.1 Å². The summed E-state index contributed by atoms with van der Waals surface area (Å²) in [6.45, 7) is -0.0767. The number of fused-ring (bicyclic) bond motifs is 5. The predicted molar refractivity (Wildman–Crippen MR) is 99.5 cm³/mol. The smallest absolute Gasteiger partial charge is 0.377 e. The lowest BCUT2D eigenvalue weighted by Gasteiger charge is -2.36. The molecule has 0 aromatic heterocycles. The van der Waals surface area contributed by atoms with Crippen molar-refractivity contribution in [3.8, 4) is 0 Å². The molecule has 29 heavy (non-hydrogen) atoms. The van der Waals surface area contributed by atoms with Crippen LogP contribution in [0.4, 0.5) is 23.2 Å². The summed E-state index contributed by atoms with van der Waals surface area (Å²) in [6, 6.07) is 6.06. The Labute approximate surface area is 168 Å². The number of Topliss-reactive ketones (excluding diaryl/α,β-unsaturated/α-hetero) is 2. The lowest BCUT2D eigenvalue weighted by atomic mass is 9.73. The minimum Gasteiger partial charge on any atom is -0.377 e. The zero-order chi connectivity index (χ0) is 21.3. The molecule has 4 rings (SSSR count). The summed E-state index contributed by atoms with van der Waals surface area (Å²) in [5.41, 5.74) is -1.15. The van der Waals surface area contributed by atoms with Gasteiger partial charge in [-0.2, -0.15) is 17.6 Å². The molecule has 0 N–H and O–H groups in total. The second-order valence-corrected chi connectivity index (χ2v) is 7.89. The van der Waals surface area contributed by atoms with Crippen molar-refractivity contribution in [1.82, 2.24) is 0 Å². The molecule has 4 nitrogen and oxygen atoms in total. The molecule has 1 aliphatic heterocycles. The van der Waals surface area contributed by atoms with Crippen molar-refractivity contribution in [2.24, 2.45) is 5.92 Å². The first-order valence-corrected chi connectivity index (χ1v) is 9.27. The van der Waals surface area contributed by atoms with Gasteiger partial charge in [0, 0.05) is 37.2 Å². The summed E-state index contributed by atoms with van der Waals surface area (Å²) in [5.74, 6) is -8.51. The zero-order valence-electron chi connectivity index (χ0n) is 15.4. The van der Waals surface area contributed by atoms with Crippen molar-refractivity contribution in [2.75, 3.05) is 25.6 Å². The number of rotatable bonds is 3. The third-order valence-corrected chi connectivity index (χ3v) is 5.70. The summed E-state index contributed by atoms with van der Waals surface area (Å²) in [5, 5.41) is -3.90. The van der Waals surface area contributed by atoms with Crippen LogP contribution in [0.3, 0.4) is 0 Å². The minimum atomic E-state index is -4.28. The van der Waals surface area contributed by atoms with E-state index in [4.69, 9.17) is 16.3 Å². The van der Waals surface area contributed by atoms with Crippen molar-refractivity contribution in [1.29, 1.82) is 0 Å². The van der Waals surface area contributed by atoms with Gasteiger partial charge in [-0.3, -0.25) is 9.59 Å². The van der Waals surface area contributed by atoms with Crippen molar-refractivity contribution in [3.05, 3.63) is 41.0 Å². The van der Waals surface area contributed by atoms with Crippen molar-refractivity contribution >= 4 is 39.6 Å². The molecule has 0 amide bonds. The van der Waals surface area contributed by atoms with Crippen LogP contribution >= 0.6 is 11.6 Å². The highest BCUT2D eigenvalue weighted by Gasteiger charge is 2.60. The molecule has 0 bridgehead atoms. The largest absolute Gasteiger partial charge is 0.385 e. The second kappa shape index (κ2) is 6.40. The number of carbonyl (C=O) groups is 2. The van der Waals surface area contributed by atoms with Crippen molar-refractivity contribution in [3.63, 3.8) is 0 Å². The number of hydrogen-bond acceptors (Lipinski definition) is 4. The minimum absolute atomic E-state index is 0.0767. The number of anilines is 1. The van der Waals surface area contributed by atoms with Crippen LogP contribution in [0.25, 0.3) is 10.8 Å². The monoisotopic (exact) mass is 429 g/mol. The molecule has 2 unspecified atom stereocenters. The highest BCUT2D eigenvalue weighted by atomic mass is 35.5. The Morgan fingerprint density at radius 3 is 2.45 bits per heavy atom. The van der Waals surface area contributed by atoms with E-state index in [2.05, 4.69) is 0 Å². The van der Waals surface area contributed by atoms with Crippen LogP contribution in [0.15, 0.2) is 24.3 Å². The van der Waals surface area contributed by atoms with Gasteiger partial charge in [-0.05, 0) is 23.4 Å². The molecule has 2 aromatic rings. The number of hydrogen-bond donors (Lipinski definition) is 0. The van der Waals surface area contributed by atoms with Gasteiger partial charge in [0.25, 0.3) is 5.78 Å². The van der Waals surface area contributed by atoms with E-state index in [1.807, 2.05) is 0 Å². The van der Waals surface area contributed by atoms with Crippen molar-refractivity contribution < 1.29 is 31.9 Å². The summed E-state index contributed by atoms with van der Waals surface area (Å²) >= 11 is 5.05. The summed E-state index contributed by atoms with van der Waals surface area (Å²) in [7, 11) is 3.06. The van der Waals surface area contributed by atoms with Crippen LogP contribution in [0, 0.1) is 5.92 Å². The maximum Gasteiger partial charge on any atom is 0.385 e. The van der Waals surface area contributed by atoms with Gasteiger partial charge >= 0.3 is 11.3 Å². The molecule has 0 spiro atoms. The van der Waals surface area contributed by atoms with Gasteiger partial charge in [0.15, 0.2) is 0 Å². The molecule has 154 valence electrons. The highest BCUT2D eigenvalue weighted by Crippen LogP contribution is 2.55. The molecule has 1 heterocycles. The fourth-order valence-electron chi connectivity index (χ4n) is 4.39. The third kappa shape index (κ3) is 2.76. The average Bonchev–Trinajstić information content (AvgIpc) is 3.13. The molecule has 1 saturated heterocycles. The standard InChI is InChI=1S/C20H16ClF4NO3/c1-26(2)15-10-6-4-3-5-9(10)12-13(14(15)18(28)20(21,24)25)16-11(7-8-29-16)19(22,23)17(12)27/h3-6,11,16H,7-8H2,1-2H3. The summed E-state index contributed by atoms with van der Waals surface area (Å²) in [4.78, 5) is 27.0. The number of alkyl halides is 5. The van der Waals surface area contributed by atoms with Crippen LogP contribution in [-0.4, -0.2) is 43.6 Å². The fraction of sp³-hybridized carbons (Fsp3) is 0.400. The van der Waals surface area contributed by atoms with Gasteiger partial charge < -0.3 is 9.64 Å². The molecular weight excluding hydrogens is 414 g/mol. The van der Waals surface area contributed by atoms with Gasteiger partial charge in [-0.15, -0.1) is 0 Å². The second-order valence-electron chi connectivity index (χ2n) is 7.42. The molecular formula is C20H16ClF4NO3. The van der Waals surface area contributed by atoms with Gasteiger partial charge in [0.2, 0.25) is 5.78 Å². The highest BCUT2D eigenvalue weighted by molar-refractivity contribution is 6.37. The summed E-state index contributed by atoms with van der Waals surface area (Å²) < 4.78 is 63.1. The number of nitrogens with zero attached hydrogens (tertiary/aromatic N) is 1. The predicted octanol–water partition coefficient (Wildman–Crippen LogP) is 4.83. The van der Waals surface area contributed by atoms with Crippen LogP contribution in [-0.2, 0) is 4.74 Å².